The smallest absolute Gasteiger partial charge is 0.146 e. The summed E-state index contributed by atoms with van der Waals surface area (Å²) in [4.78, 5) is 4.24. The van der Waals surface area contributed by atoms with Crippen LogP contribution in [0.25, 0.3) is 0 Å². The zero-order valence-electron chi connectivity index (χ0n) is 11.4. The number of hydrogen-bond donors (Lipinski definition) is 1. The van der Waals surface area contributed by atoms with E-state index in [4.69, 9.17) is 0 Å². The van der Waals surface area contributed by atoms with E-state index < -0.39 is 0 Å². The molecule has 0 saturated heterocycles. The van der Waals surface area contributed by atoms with E-state index in [2.05, 4.69) is 35.3 Å². The summed E-state index contributed by atoms with van der Waals surface area (Å²) in [6.07, 6.45) is 1.55. The standard InChI is InChI=1S/C14H17N5/c1-10(2)19-14(17-9-18-19)8-16-13-6-4-5-11(3)12(13)7-15/h4-6,9-10,16H,8H2,1-3H3. The normalized spacial score (nSPS) is 10.5. The van der Waals surface area contributed by atoms with Crippen molar-refractivity contribution in [3.63, 3.8) is 0 Å². The van der Waals surface area contributed by atoms with Gasteiger partial charge in [0.25, 0.3) is 0 Å². The Morgan fingerprint density at radius 3 is 2.89 bits per heavy atom. The van der Waals surface area contributed by atoms with Gasteiger partial charge in [0.15, 0.2) is 0 Å². The summed E-state index contributed by atoms with van der Waals surface area (Å²) < 4.78 is 1.87. The monoisotopic (exact) mass is 255 g/mol. The van der Waals surface area contributed by atoms with Crippen molar-refractivity contribution in [3.05, 3.63) is 41.5 Å². The number of aromatic nitrogens is 3. The first-order valence-corrected chi connectivity index (χ1v) is 6.25. The molecule has 0 aliphatic carbocycles. The van der Waals surface area contributed by atoms with Gasteiger partial charge in [0, 0.05) is 6.04 Å². The Kier molecular flexibility index (Phi) is 3.81. The van der Waals surface area contributed by atoms with E-state index in [1.807, 2.05) is 29.8 Å². The average Bonchev–Trinajstić information content (AvgIpc) is 2.84. The molecule has 5 nitrogen and oxygen atoms in total. The predicted molar refractivity (Wildman–Crippen MR) is 73.6 cm³/mol. The summed E-state index contributed by atoms with van der Waals surface area (Å²) in [6, 6.07) is 8.27. The van der Waals surface area contributed by atoms with Crippen LogP contribution in [0.4, 0.5) is 5.69 Å². The van der Waals surface area contributed by atoms with Crippen molar-refractivity contribution in [1.82, 2.24) is 14.8 Å². The molecular weight excluding hydrogens is 238 g/mol. The highest BCUT2D eigenvalue weighted by Crippen LogP contribution is 2.19. The molecule has 0 atom stereocenters. The van der Waals surface area contributed by atoms with E-state index in [-0.39, 0.29) is 6.04 Å². The minimum atomic E-state index is 0.271. The highest BCUT2D eigenvalue weighted by molar-refractivity contribution is 5.60. The number of nitrogens with one attached hydrogen (secondary N) is 1. The van der Waals surface area contributed by atoms with Gasteiger partial charge in [-0.15, -0.1) is 0 Å². The topological polar surface area (TPSA) is 66.5 Å². The van der Waals surface area contributed by atoms with E-state index in [1.54, 1.807) is 6.33 Å². The molecule has 0 spiro atoms. The molecule has 0 radical (unpaired) electrons. The third-order valence-corrected chi connectivity index (χ3v) is 2.96. The maximum absolute atomic E-state index is 9.18. The number of rotatable bonds is 4. The molecule has 0 unspecified atom stereocenters. The molecule has 1 aromatic heterocycles. The maximum atomic E-state index is 9.18. The van der Waals surface area contributed by atoms with Crippen molar-refractivity contribution in [2.45, 2.75) is 33.4 Å². The van der Waals surface area contributed by atoms with Crippen molar-refractivity contribution in [1.29, 1.82) is 5.26 Å². The largest absolute Gasteiger partial charge is 0.377 e. The van der Waals surface area contributed by atoms with Crippen LogP contribution in [0.15, 0.2) is 24.5 Å². The first-order chi connectivity index (χ1) is 9.13. The third-order valence-electron chi connectivity index (χ3n) is 2.96. The van der Waals surface area contributed by atoms with E-state index in [0.29, 0.717) is 12.1 Å². The van der Waals surface area contributed by atoms with E-state index in [9.17, 15) is 5.26 Å². The SMILES string of the molecule is Cc1cccc(NCc2ncnn2C(C)C)c1C#N. The van der Waals surface area contributed by atoms with Crippen LogP contribution in [0, 0.1) is 18.3 Å². The molecule has 0 fully saturated rings. The second-order valence-electron chi connectivity index (χ2n) is 4.68. The summed E-state index contributed by atoms with van der Waals surface area (Å²) in [5.41, 5.74) is 2.48. The van der Waals surface area contributed by atoms with Gasteiger partial charge in [-0.1, -0.05) is 12.1 Å². The molecule has 2 rings (SSSR count). The van der Waals surface area contributed by atoms with E-state index >= 15 is 0 Å². The first-order valence-electron chi connectivity index (χ1n) is 6.25. The molecule has 1 heterocycles. The van der Waals surface area contributed by atoms with Gasteiger partial charge in [0.1, 0.15) is 18.2 Å². The van der Waals surface area contributed by atoms with Gasteiger partial charge in [-0.25, -0.2) is 9.67 Å². The molecule has 0 amide bonds. The van der Waals surface area contributed by atoms with Crippen LogP contribution in [-0.2, 0) is 6.54 Å². The van der Waals surface area contributed by atoms with Gasteiger partial charge in [-0.3, -0.25) is 0 Å². The fourth-order valence-corrected chi connectivity index (χ4v) is 1.97. The van der Waals surface area contributed by atoms with Gasteiger partial charge < -0.3 is 5.32 Å². The molecule has 1 aromatic carbocycles. The minimum absolute atomic E-state index is 0.271. The molecule has 98 valence electrons. The molecule has 2 aromatic rings. The average molecular weight is 255 g/mol. The van der Waals surface area contributed by atoms with Crippen molar-refractivity contribution < 1.29 is 0 Å². The molecule has 5 heteroatoms. The van der Waals surface area contributed by atoms with Gasteiger partial charge in [-0.05, 0) is 32.4 Å². The second kappa shape index (κ2) is 5.53. The van der Waals surface area contributed by atoms with E-state index in [0.717, 1.165) is 17.1 Å². The maximum Gasteiger partial charge on any atom is 0.146 e. The number of nitriles is 1. The van der Waals surface area contributed by atoms with Gasteiger partial charge in [0.2, 0.25) is 0 Å². The second-order valence-corrected chi connectivity index (χ2v) is 4.68. The fraction of sp³-hybridized carbons (Fsp3) is 0.357. The molecule has 19 heavy (non-hydrogen) atoms. The van der Waals surface area contributed by atoms with Crippen molar-refractivity contribution in [2.75, 3.05) is 5.32 Å². The van der Waals surface area contributed by atoms with Crippen LogP contribution in [-0.4, -0.2) is 14.8 Å². The summed E-state index contributed by atoms with van der Waals surface area (Å²) >= 11 is 0. The third kappa shape index (κ3) is 2.74. The predicted octanol–water partition coefficient (Wildman–Crippen LogP) is 2.65. The summed E-state index contributed by atoms with van der Waals surface area (Å²) in [5.74, 6) is 0.861. The lowest BCUT2D eigenvalue weighted by Gasteiger charge is -2.12. The number of hydrogen-bond acceptors (Lipinski definition) is 4. The zero-order chi connectivity index (χ0) is 13.8. The highest BCUT2D eigenvalue weighted by Gasteiger charge is 2.09. The Hall–Kier alpha value is -2.35. The molecule has 0 aliphatic rings. The molecule has 0 aliphatic heterocycles. The number of anilines is 1. The summed E-state index contributed by atoms with van der Waals surface area (Å²) in [5, 5.41) is 16.6. The van der Waals surface area contributed by atoms with Crippen molar-refractivity contribution >= 4 is 5.69 Å². The Morgan fingerprint density at radius 2 is 2.21 bits per heavy atom. The summed E-state index contributed by atoms with van der Waals surface area (Å²) in [6.45, 7) is 6.60. The molecule has 0 bridgehead atoms. The van der Waals surface area contributed by atoms with Crippen molar-refractivity contribution in [3.8, 4) is 6.07 Å². The number of nitrogens with zero attached hydrogens (tertiary/aromatic N) is 4. The Balaban J connectivity index is 2.18. The van der Waals surface area contributed by atoms with E-state index in [1.165, 1.54) is 0 Å². The minimum Gasteiger partial charge on any atom is -0.377 e. The number of benzene rings is 1. The zero-order valence-corrected chi connectivity index (χ0v) is 11.4. The van der Waals surface area contributed by atoms with Gasteiger partial charge in [-0.2, -0.15) is 10.4 Å². The first kappa shape index (κ1) is 13.1. The highest BCUT2D eigenvalue weighted by atomic mass is 15.4. The lowest BCUT2D eigenvalue weighted by Crippen LogP contribution is -2.12. The van der Waals surface area contributed by atoms with Crippen LogP contribution in [0.5, 0.6) is 0 Å². The fourth-order valence-electron chi connectivity index (χ4n) is 1.97. The molecular formula is C14H17N5. The Bertz CT molecular complexity index is 607. The van der Waals surface area contributed by atoms with Crippen LogP contribution in [0.3, 0.4) is 0 Å². The lowest BCUT2D eigenvalue weighted by atomic mass is 10.1. The van der Waals surface area contributed by atoms with Crippen molar-refractivity contribution in [2.24, 2.45) is 0 Å². The lowest BCUT2D eigenvalue weighted by molar-refractivity contribution is 0.509. The Labute approximate surface area is 112 Å². The van der Waals surface area contributed by atoms with Gasteiger partial charge in [0.05, 0.1) is 17.8 Å². The summed E-state index contributed by atoms with van der Waals surface area (Å²) in [7, 11) is 0. The Morgan fingerprint density at radius 1 is 1.42 bits per heavy atom. The quantitative estimate of drug-likeness (QED) is 0.912. The molecule has 1 N–H and O–H groups in total. The van der Waals surface area contributed by atoms with Gasteiger partial charge >= 0.3 is 0 Å². The van der Waals surface area contributed by atoms with Crippen LogP contribution in [0.2, 0.25) is 0 Å². The molecule has 0 saturated carbocycles. The van der Waals surface area contributed by atoms with Crippen LogP contribution in [0.1, 0.15) is 36.8 Å². The van der Waals surface area contributed by atoms with Crippen LogP contribution >= 0.6 is 0 Å². The van der Waals surface area contributed by atoms with Crippen LogP contribution < -0.4 is 5.32 Å². The number of aryl methyl sites for hydroxylation is 1.